The van der Waals surface area contributed by atoms with Crippen LogP contribution in [0.5, 0.6) is 5.75 Å². The van der Waals surface area contributed by atoms with Crippen LogP contribution in [0.1, 0.15) is 18.9 Å². The lowest BCUT2D eigenvalue weighted by molar-refractivity contribution is 0.317. The van der Waals surface area contributed by atoms with Crippen LogP contribution in [-0.2, 0) is 6.42 Å². The molecular weight excluding hydrogens is 377 g/mol. The van der Waals surface area contributed by atoms with Gasteiger partial charge >= 0.3 is 0 Å². The minimum Gasteiger partial charge on any atom is -0.494 e. The molecule has 4 nitrogen and oxygen atoms in total. The third-order valence-electron chi connectivity index (χ3n) is 2.83. The van der Waals surface area contributed by atoms with Crippen molar-refractivity contribution in [1.29, 1.82) is 0 Å². The van der Waals surface area contributed by atoms with Gasteiger partial charge < -0.3 is 14.5 Å². The van der Waals surface area contributed by atoms with Crippen molar-refractivity contribution in [1.82, 2.24) is 9.80 Å². The Hall–Kier alpha value is -0.980. The van der Waals surface area contributed by atoms with Gasteiger partial charge in [-0.2, -0.15) is 0 Å². The highest BCUT2D eigenvalue weighted by atomic mass is 127. The highest BCUT2D eigenvalue weighted by molar-refractivity contribution is 14.0. The molecule has 0 unspecified atom stereocenters. The average molecular weight is 405 g/mol. The molecule has 0 radical (unpaired) electrons. The van der Waals surface area contributed by atoms with E-state index >= 15 is 0 Å². The lowest BCUT2D eigenvalue weighted by atomic mass is 10.1. The molecule has 0 spiro atoms. The molecule has 0 aliphatic heterocycles. The van der Waals surface area contributed by atoms with Crippen molar-refractivity contribution >= 4 is 29.9 Å². The third-order valence-corrected chi connectivity index (χ3v) is 2.83. The van der Waals surface area contributed by atoms with Gasteiger partial charge in [0.1, 0.15) is 5.75 Å². The second-order valence-electron chi connectivity index (χ2n) is 5.22. The first-order valence-corrected chi connectivity index (χ1v) is 7.15. The fourth-order valence-electron chi connectivity index (χ4n) is 1.98. The van der Waals surface area contributed by atoms with E-state index in [1.165, 1.54) is 5.56 Å². The van der Waals surface area contributed by atoms with Crippen molar-refractivity contribution < 1.29 is 4.74 Å². The van der Waals surface area contributed by atoms with Gasteiger partial charge in [0.2, 0.25) is 0 Å². The lowest BCUT2D eigenvalue weighted by Gasteiger charge is -2.22. The van der Waals surface area contributed by atoms with E-state index < -0.39 is 0 Å². The van der Waals surface area contributed by atoms with Crippen molar-refractivity contribution in [2.24, 2.45) is 4.99 Å². The van der Waals surface area contributed by atoms with Gasteiger partial charge in [-0.1, -0.05) is 19.1 Å². The van der Waals surface area contributed by atoms with Gasteiger partial charge in [0.05, 0.1) is 6.61 Å². The molecule has 0 aliphatic carbocycles. The number of rotatable bonds is 6. The summed E-state index contributed by atoms with van der Waals surface area (Å²) in [6.07, 6.45) is 1.96. The van der Waals surface area contributed by atoms with Gasteiger partial charge in [0.15, 0.2) is 5.96 Å². The highest BCUT2D eigenvalue weighted by Crippen LogP contribution is 2.14. The first-order valence-electron chi connectivity index (χ1n) is 7.15. The Bertz CT molecular complexity index is 423. The fourth-order valence-corrected chi connectivity index (χ4v) is 1.98. The second-order valence-corrected chi connectivity index (χ2v) is 5.22. The van der Waals surface area contributed by atoms with Crippen molar-refractivity contribution in [2.75, 3.05) is 41.3 Å². The minimum absolute atomic E-state index is 0. The van der Waals surface area contributed by atoms with Crippen LogP contribution < -0.4 is 4.74 Å². The summed E-state index contributed by atoms with van der Waals surface area (Å²) >= 11 is 0. The van der Waals surface area contributed by atoms with Crippen LogP contribution in [0.4, 0.5) is 0 Å². The summed E-state index contributed by atoms with van der Waals surface area (Å²) in [7, 11) is 8.05. The predicted molar refractivity (Wildman–Crippen MR) is 101 cm³/mol. The molecule has 1 aromatic rings. The van der Waals surface area contributed by atoms with E-state index in [-0.39, 0.29) is 24.0 Å². The molecule has 1 aromatic carbocycles. The number of nitrogens with zero attached hydrogens (tertiary/aromatic N) is 3. The largest absolute Gasteiger partial charge is 0.494 e. The summed E-state index contributed by atoms with van der Waals surface area (Å²) < 4.78 is 5.65. The molecule has 1 rings (SSSR count). The minimum atomic E-state index is 0. The quantitative estimate of drug-likeness (QED) is 0.414. The molecular formula is C16H28IN3O. The van der Waals surface area contributed by atoms with Crippen LogP contribution in [0.15, 0.2) is 29.3 Å². The summed E-state index contributed by atoms with van der Waals surface area (Å²) in [5.41, 5.74) is 1.26. The molecule has 0 N–H and O–H groups in total. The number of halogens is 1. The SMILES string of the molecule is CCCOc1cccc(CCN=C(N(C)C)N(C)C)c1.I. The second kappa shape index (κ2) is 10.7. The summed E-state index contributed by atoms with van der Waals surface area (Å²) in [5, 5.41) is 0. The zero-order chi connectivity index (χ0) is 15.0. The Kier molecular flexibility index (Phi) is 10.2. The summed E-state index contributed by atoms with van der Waals surface area (Å²) in [6.45, 7) is 3.67. The zero-order valence-electron chi connectivity index (χ0n) is 13.8. The standard InChI is InChI=1S/C16H27N3O.HI/c1-6-12-20-15-9-7-8-14(13-15)10-11-17-16(18(2)3)19(4)5;/h7-9,13H,6,10-12H2,1-5H3;1H. The molecule has 0 saturated heterocycles. The highest BCUT2D eigenvalue weighted by Gasteiger charge is 2.03. The molecule has 0 saturated carbocycles. The van der Waals surface area contributed by atoms with E-state index in [1.807, 2.05) is 50.1 Å². The maximum Gasteiger partial charge on any atom is 0.195 e. The molecule has 0 amide bonds. The Labute approximate surface area is 146 Å². The van der Waals surface area contributed by atoms with Crippen LogP contribution in [0, 0.1) is 0 Å². The van der Waals surface area contributed by atoms with E-state index in [4.69, 9.17) is 4.74 Å². The van der Waals surface area contributed by atoms with E-state index in [1.54, 1.807) is 0 Å². The number of benzene rings is 1. The average Bonchev–Trinajstić information content (AvgIpc) is 2.41. The Morgan fingerprint density at radius 3 is 2.38 bits per heavy atom. The van der Waals surface area contributed by atoms with Crippen LogP contribution in [0.25, 0.3) is 0 Å². The Morgan fingerprint density at radius 2 is 1.81 bits per heavy atom. The monoisotopic (exact) mass is 405 g/mol. The topological polar surface area (TPSA) is 28.1 Å². The summed E-state index contributed by atoms with van der Waals surface area (Å²) in [4.78, 5) is 8.69. The molecule has 0 heterocycles. The molecule has 5 heteroatoms. The summed E-state index contributed by atoms with van der Waals surface area (Å²) in [6, 6.07) is 8.28. The van der Waals surface area contributed by atoms with E-state index in [0.29, 0.717) is 0 Å². The van der Waals surface area contributed by atoms with Crippen LogP contribution >= 0.6 is 24.0 Å². The Morgan fingerprint density at radius 1 is 1.14 bits per heavy atom. The molecule has 0 aliphatic rings. The number of aliphatic imine (C=N–C) groups is 1. The van der Waals surface area contributed by atoms with Crippen molar-refractivity contribution in [3.8, 4) is 5.75 Å². The van der Waals surface area contributed by atoms with Gasteiger partial charge in [-0.05, 0) is 30.5 Å². The molecule has 0 fully saturated rings. The van der Waals surface area contributed by atoms with E-state index in [9.17, 15) is 0 Å². The molecule has 0 aromatic heterocycles. The normalized spacial score (nSPS) is 9.57. The van der Waals surface area contributed by atoms with Gasteiger partial charge in [-0.25, -0.2) is 0 Å². The van der Waals surface area contributed by atoms with Gasteiger partial charge in [-0.3, -0.25) is 4.99 Å². The van der Waals surface area contributed by atoms with Gasteiger partial charge in [0.25, 0.3) is 0 Å². The van der Waals surface area contributed by atoms with Crippen molar-refractivity contribution in [3.63, 3.8) is 0 Å². The molecule has 0 atom stereocenters. The molecule has 0 bridgehead atoms. The van der Waals surface area contributed by atoms with Gasteiger partial charge in [0, 0.05) is 34.7 Å². The molecule has 120 valence electrons. The maximum atomic E-state index is 5.65. The Balaban J connectivity index is 0.00000400. The van der Waals surface area contributed by atoms with Crippen molar-refractivity contribution in [2.45, 2.75) is 19.8 Å². The summed E-state index contributed by atoms with van der Waals surface area (Å²) in [5.74, 6) is 1.94. The van der Waals surface area contributed by atoms with Gasteiger partial charge in [-0.15, -0.1) is 24.0 Å². The first-order chi connectivity index (χ1) is 9.54. The van der Waals surface area contributed by atoms with Crippen molar-refractivity contribution in [3.05, 3.63) is 29.8 Å². The van der Waals surface area contributed by atoms with E-state index in [0.717, 1.165) is 37.7 Å². The first kappa shape index (κ1) is 20.0. The lowest BCUT2D eigenvalue weighted by Crippen LogP contribution is -2.35. The zero-order valence-corrected chi connectivity index (χ0v) is 16.1. The smallest absolute Gasteiger partial charge is 0.195 e. The maximum absolute atomic E-state index is 5.65. The van der Waals surface area contributed by atoms with Crippen LogP contribution in [0.2, 0.25) is 0 Å². The predicted octanol–water partition coefficient (Wildman–Crippen LogP) is 3.12. The van der Waals surface area contributed by atoms with E-state index in [2.05, 4.69) is 24.0 Å². The number of guanidine groups is 1. The van der Waals surface area contributed by atoms with Crippen LogP contribution in [-0.4, -0.2) is 57.1 Å². The number of hydrogen-bond acceptors (Lipinski definition) is 2. The third kappa shape index (κ3) is 7.55. The number of ether oxygens (including phenoxy) is 1. The fraction of sp³-hybridized carbons (Fsp3) is 0.562. The molecule has 21 heavy (non-hydrogen) atoms. The van der Waals surface area contributed by atoms with Crippen LogP contribution in [0.3, 0.4) is 0 Å². The number of hydrogen-bond donors (Lipinski definition) is 0.